The van der Waals surface area contributed by atoms with E-state index >= 15 is 0 Å². The van der Waals surface area contributed by atoms with Gasteiger partial charge >= 0.3 is 0 Å². The molecule has 3 aromatic rings. The first kappa shape index (κ1) is 30.8. The summed E-state index contributed by atoms with van der Waals surface area (Å²) in [5, 5.41) is 10.3. The summed E-state index contributed by atoms with van der Waals surface area (Å²) in [5.74, 6) is -0.608. The van der Waals surface area contributed by atoms with E-state index in [4.69, 9.17) is 16.3 Å². The van der Waals surface area contributed by atoms with Gasteiger partial charge in [0.1, 0.15) is 11.9 Å². The van der Waals surface area contributed by atoms with Gasteiger partial charge in [-0.05, 0) is 61.5 Å². The smallest absolute Gasteiger partial charge is 0.261 e. The SMILES string of the molecule is C[C@@H]1CN([C@H](C)CO)C(=O)c2cc(NS(=O)(=O)c3ccc(Cl)cc3)ccc2O[C@@H]1CN(C)S(=O)(=O)c1ccccc1. The summed E-state index contributed by atoms with van der Waals surface area (Å²) in [6, 6.07) is 17.4. The van der Waals surface area contributed by atoms with E-state index in [9.17, 15) is 26.7 Å². The minimum atomic E-state index is -3.99. The van der Waals surface area contributed by atoms with Crippen molar-refractivity contribution in [3.63, 3.8) is 0 Å². The fourth-order valence-electron chi connectivity index (χ4n) is 4.46. The van der Waals surface area contributed by atoms with Crippen molar-refractivity contribution >= 4 is 43.2 Å². The van der Waals surface area contributed by atoms with Crippen LogP contribution in [-0.2, 0) is 20.0 Å². The number of benzene rings is 3. The maximum Gasteiger partial charge on any atom is 0.261 e. The zero-order chi connectivity index (χ0) is 29.9. The number of aliphatic hydroxyl groups excluding tert-OH is 1. The Morgan fingerprint density at radius 3 is 2.34 bits per heavy atom. The number of amides is 1. The molecule has 0 saturated heterocycles. The van der Waals surface area contributed by atoms with Crippen LogP contribution in [0.15, 0.2) is 82.6 Å². The van der Waals surface area contributed by atoms with Gasteiger partial charge in [-0.3, -0.25) is 9.52 Å². The third kappa shape index (κ3) is 6.84. The molecule has 3 aromatic carbocycles. The minimum absolute atomic E-state index is 0.0108. The number of ether oxygens (including phenoxy) is 1. The molecular formula is C28H32ClN3O7S2. The Bertz CT molecular complexity index is 1600. The third-order valence-electron chi connectivity index (χ3n) is 6.93. The van der Waals surface area contributed by atoms with Gasteiger partial charge in [0.25, 0.3) is 15.9 Å². The lowest BCUT2D eigenvalue weighted by atomic mass is 9.99. The number of nitrogens with zero attached hydrogens (tertiary/aromatic N) is 2. The number of carbonyl (C=O) groups excluding carboxylic acids is 1. The fourth-order valence-corrected chi connectivity index (χ4v) is 6.84. The summed E-state index contributed by atoms with van der Waals surface area (Å²) in [5.41, 5.74) is 0.202. The minimum Gasteiger partial charge on any atom is -0.488 e. The molecule has 1 amide bonds. The van der Waals surface area contributed by atoms with E-state index in [-0.39, 0.29) is 52.4 Å². The molecule has 3 atom stereocenters. The van der Waals surface area contributed by atoms with Gasteiger partial charge in [0.05, 0.1) is 34.5 Å². The Morgan fingerprint density at radius 1 is 1.05 bits per heavy atom. The van der Waals surface area contributed by atoms with Crippen molar-refractivity contribution in [1.29, 1.82) is 0 Å². The Morgan fingerprint density at radius 2 is 1.71 bits per heavy atom. The number of anilines is 1. The van der Waals surface area contributed by atoms with Crippen molar-refractivity contribution in [3.05, 3.63) is 83.4 Å². The molecule has 1 aliphatic heterocycles. The van der Waals surface area contributed by atoms with Gasteiger partial charge in [0, 0.05) is 30.2 Å². The van der Waals surface area contributed by atoms with E-state index in [1.54, 1.807) is 25.1 Å². The summed E-state index contributed by atoms with van der Waals surface area (Å²) in [6.45, 7) is 3.39. The lowest BCUT2D eigenvalue weighted by Gasteiger charge is -2.38. The molecule has 0 aliphatic carbocycles. The second-order valence-corrected chi connectivity index (χ2v) is 14.2. The maximum atomic E-state index is 13.7. The number of nitrogens with one attached hydrogen (secondary N) is 1. The number of carbonyl (C=O) groups is 1. The van der Waals surface area contributed by atoms with Crippen molar-refractivity contribution in [2.24, 2.45) is 5.92 Å². The molecule has 0 fully saturated rings. The molecule has 1 aliphatic rings. The lowest BCUT2D eigenvalue weighted by molar-refractivity contribution is 0.0387. The Hall–Kier alpha value is -3.16. The number of fused-ring (bicyclic) bond motifs is 1. The monoisotopic (exact) mass is 621 g/mol. The highest BCUT2D eigenvalue weighted by Gasteiger charge is 2.35. The quantitative estimate of drug-likeness (QED) is 0.372. The summed E-state index contributed by atoms with van der Waals surface area (Å²) in [7, 11) is -6.34. The van der Waals surface area contributed by atoms with Gasteiger partial charge in [-0.15, -0.1) is 0 Å². The molecule has 0 saturated carbocycles. The van der Waals surface area contributed by atoms with Gasteiger partial charge in [0.2, 0.25) is 10.0 Å². The molecular weight excluding hydrogens is 590 g/mol. The van der Waals surface area contributed by atoms with Crippen LogP contribution in [0.5, 0.6) is 5.75 Å². The van der Waals surface area contributed by atoms with Crippen LogP contribution in [0.4, 0.5) is 5.69 Å². The van der Waals surface area contributed by atoms with Crippen molar-refractivity contribution in [2.75, 3.05) is 31.5 Å². The fraction of sp³-hybridized carbons (Fsp3) is 0.321. The number of halogens is 1. The predicted octanol–water partition coefficient (Wildman–Crippen LogP) is 3.68. The lowest BCUT2D eigenvalue weighted by Crippen LogP contribution is -2.50. The first-order chi connectivity index (χ1) is 19.3. The molecule has 0 unspecified atom stereocenters. The Labute approximate surface area is 245 Å². The highest BCUT2D eigenvalue weighted by Crippen LogP contribution is 2.32. The van der Waals surface area contributed by atoms with Crippen LogP contribution in [-0.4, -0.2) is 75.9 Å². The second-order valence-electron chi connectivity index (χ2n) is 9.99. The molecule has 0 bridgehead atoms. The van der Waals surface area contributed by atoms with Crippen molar-refractivity contribution in [2.45, 2.75) is 35.8 Å². The van der Waals surface area contributed by atoms with Gasteiger partial charge in [-0.25, -0.2) is 16.8 Å². The zero-order valence-electron chi connectivity index (χ0n) is 22.8. The van der Waals surface area contributed by atoms with E-state index in [1.807, 2.05) is 6.92 Å². The largest absolute Gasteiger partial charge is 0.488 e. The van der Waals surface area contributed by atoms with E-state index in [2.05, 4.69) is 4.72 Å². The van der Waals surface area contributed by atoms with Gasteiger partial charge in [-0.1, -0.05) is 36.7 Å². The molecule has 2 N–H and O–H groups in total. The molecule has 0 aromatic heterocycles. The number of hydrogen-bond donors (Lipinski definition) is 2. The molecule has 1 heterocycles. The highest BCUT2D eigenvalue weighted by molar-refractivity contribution is 7.92. The number of hydrogen-bond acceptors (Lipinski definition) is 7. The van der Waals surface area contributed by atoms with Crippen LogP contribution in [0, 0.1) is 5.92 Å². The number of likely N-dealkylation sites (N-methyl/N-ethyl adjacent to an activating group) is 1. The average Bonchev–Trinajstić information content (AvgIpc) is 2.95. The normalized spacial score (nSPS) is 18.7. The van der Waals surface area contributed by atoms with Crippen LogP contribution in [0.3, 0.4) is 0 Å². The summed E-state index contributed by atoms with van der Waals surface area (Å²) in [4.78, 5) is 15.3. The van der Waals surface area contributed by atoms with Crippen LogP contribution < -0.4 is 9.46 Å². The number of sulfonamides is 2. The Balaban J connectivity index is 1.68. The third-order valence-corrected chi connectivity index (χ3v) is 10.4. The average molecular weight is 622 g/mol. The first-order valence-corrected chi connectivity index (χ1v) is 16.2. The summed E-state index contributed by atoms with van der Waals surface area (Å²) < 4.78 is 62.2. The first-order valence-electron chi connectivity index (χ1n) is 12.9. The Kier molecular flexibility index (Phi) is 9.29. The maximum absolute atomic E-state index is 13.7. The van der Waals surface area contributed by atoms with Crippen molar-refractivity contribution in [1.82, 2.24) is 9.21 Å². The predicted molar refractivity (Wildman–Crippen MR) is 156 cm³/mol. The van der Waals surface area contributed by atoms with E-state index in [0.29, 0.717) is 5.02 Å². The van der Waals surface area contributed by atoms with E-state index < -0.39 is 38.1 Å². The topological polar surface area (TPSA) is 133 Å². The molecule has 41 heavy (non-hydrogen) atoms. The molecule has 220 valence electrons. The van der Waals surface area contributed by atoms with E-state index in [1.165, 1.54) is 70.9 Å². The molecule has 13 heteroatoms. The van der Waals surface area contributed by atoms with Crippen LogP contribution in [0.25, 0.3) is 0 Å². The molecule has 0 radical (unpaired) electrons. The van der Waals surface area contributed by atoms with Gasteiger partial charge in [-0.2, -0.15) is 4.31 Å². The van der Waals surface area contributed by atoms with Crippen molar-refractivity contribution in [3.8, 4) is 5.75 Å². The second kappa shape index (κ2) is 12.4. The summed E-state index contributed by atoms with van der Waals surface area (Å²) >= 11 is 5.88. The van der Waals surface area contributed by atoms with Crippen LogP contribution >= 0.6 is 11.6 Å². The van der Waals surface area contributed by atoms with Crippen LogP contribution in [0.2, 0.25) is 5.02 Å². The van der Waals surface area contributed by atoms with E-state index in [0.717, 1.165) is 0 Å². The van der Waals surface area contributed by atoms with Gasteiger partial charge in [0.15, 0.2) is 0 Å². The summed E-state index contributed by atoms with van der Waals surface area (Å²) in [6.07, 6.45) is -0.671. The zero-order valence-corrected chi connectivity index (χ0v) is 25.2. The molecule has 4 rings (SSSR count). The molecule has 0 spiro atoms. The van der Waals surface area contributed by atoms with Crippen molar-refractivity contribution < 1.29 is 31.5 Å². The van der Waals surface area contributed by atoms with Gasteiger partial charge < -0.3 is 14.7 Å². The van der Waals surface area contributed by atoms with Crippen LogP contribution in [0.1, 0.15) is 24.2 Å². The molecule has 10 nitrogen and oxygen atoms in total. The number of aliphatic hydroxyl groups is 1. The number of rotatable bonds is 9. The highest BCUT2D eigenvalue weighted by atomic mass is 35.5. The standard InChI is InChI=1S/C28H32ClN3O7S2/c1-19-16-32(20(2)18-33)28(34)25-15-22(30-40(35,36)23-12-9-21(29)10-13-23)11-14-26(25)39-27(19)17-31(3)41(37,38)24-7-5-4-6-8-24/h4-15,19-20,27,30,33H,16-18H2,1-3H3/t19-,20-,27-/m1/s1.